The molecule has 0 saturated carbocycles. The van der Waals surface area contributed by atoms with Crippen molar-refractivity contribution in [2.24, 2.45) is 5.92 Å². The molecule has 0 aliphatic carbocycles. The largest absolute Gasteiger partial charge is 0.497 e. The van der Waals surface area contributed by atoms with Gasteiger partial charge in [0.1, 0.15) is 25.1 Å². The van der Waals surface area contributed by atoms with Crippen LogP contribution in [-0.4, -0.2) is 80.2 Å². The molecule has 1 atom stereocenters. The summed E-state index contributed by atoms with van der Waals surface area (Å²) in [6.07, 6.45) is 1.13. The SMILES string of the molecule is COc1ccc2ncc(OCC3CN(CC4CN(c5ccc6c(c5)OCCO6)C(=O)O4)C3)nc2c1. The second kappa shape index (κ2) is 9.10. The van der Waals surface area contributed by atoms with Gasteiger partial charge in [-0.1, -0.05) is 0 Å². The number of ether oxygens (including phenoxy) is 5. The number of rotatable bonds is 7. The first-order valence-electron chi connectivity index (χ1n) is 11.7. The maximum Gasteiger partial charge on any atom is 0.414 e. The Labute approximate surface area is 202 Å². The average molecular weight is 479 g/mol. The van der Waals surface area contributed by atoms with E-state index in [9.17, 15) is 4.79 Å². The highest BCUT2D eigenvalue weighted by molar-refractivity contribution is 5.90. The Morgan fingerprint density at radius 3 is 2.74 bits per heavy atom. The first kappa shape index (κ1) is 21.7. The third kappa shape index (κ3) is 4.49. The molecular formula is C25H26N4O6. The summed E-state index contributed by atoms with van der Waals surface area (Å²) < 4.78 is 28.0. The van der Waals surface area contributed by atoms with Crippen molar-refractivity contribution in [2.75, 3.05) is 58.0 Å². The monoisotopic (exact) mass is 478 g/mol. The van der Waals surface area contributed by atoms with Crippen LogP contribution in [0.4, 0.5) is 10.5 Å². The predicted octanol–water partition coefficient (Wildman–Crippen LogP) is 2.75. The molecule has 4 heterocycles. The van der Waals surface area contributed by atoms with Gasteiger partial charge < -0.3 is 23.7 Å². The number of nitrogens with zero attached hydrogens (tertiary/aromatic N) is 4. The lowest BCUT2D eigenvalue weighted by molar-refractivity contribution is 0.0262. The molecule has 3 aromatic rings. The maximum absolute atomic E-state index is 12.5. The van der Waals surface area contributed by atoms with E-state index in [0.29, 0.717) is 56.2 Å². The van der Waals surface area contributed by atoms with E-state index in [2.05, 4.69) is 14.9 Å². The minimum Gasteiger partial charge on any atom is -0.497 e. The molecule has 2 aromatic carbocycles. The number of amides is 1. The lowest BCUT2D eigenvalue weighted by Crippen LogP contribution is -2.52. The summed E-state index contributed by atoms with van der Waals surface area (Å²) in [6.45, 7) is 4.57. The standard InChI is InChI=1S/C25H26N4O6/c1-31-18-3-4-20-21(9-18)27-24(10-26-20)34-15-16-11-28(12-16)13-19-14-29(25(30)35-19)17-2-5-22-23(8-17)33-7-6-32-22/h2-5,8-10,16,19H,6-7,11-15H2,1H3. The van der Waals surface area contributed by atoms with Crippen LogP contribution in [0.1, 0.15) is 0 Å². The molecule has 1 aromatic heterocycles. The second-order valence-corrected chi connectivity index (χ2v) is 8.90. The van der Waals surface area contributed by atoms with Crippen LogP contribution >= 0.6 is 0 Å². The van der Waals surface area contributed by atoms with Crippen molar-refractivity contribution < 1.29 is 28.5 Å². The Bertz CT molecular complexity index is 1250. The topological polar surface area (TPSA) is 95.5 Å². The summed E-state index contributed by atoms with van der Waals surface area (Å²) >= 11 is 0. The van der Waals surface area contributed by atoms with Gasteiger partial charge in [0.15, 0.2) is 11.5 Å². The van der Waals surface area contributed by atoms with E-state index in [4.69, 9.17) is 23.7 Å². The molecule has 1 unspecified atom stereocenters. The zero-order chi connectivity index (χ0) is 23.8. The Kier molecular flexibility index (Phi) is 5.65. The third-order valence-electron chi connectivity index (χ3n) is 6.40. The molecular weight excluding hydrogens is 452 g/mol. The van der Waals surface area contributed by atoms with Crippen molar-refractivity contribution in [1.82, 2.24) is 14.9 Å². The van der Waals surface area contributed by atoms with Crippen molar-refractivity contribution in [1.29, 1.82) is 0 Å². The highest BCUT2D eigenvalue weighted by Gasteiger charge is 2.37. The highest BCUT2D eigenvalue weighted by atomic mass is 16.6. The normalized spacial score (nSPS) is 20.0. The van der Waals surface area contributed by atoms with Crippen LogP contribution in [0.3, 0.4) is 0 Å². The first-order valence-corrected chi connectivity index (χ1v) is 11.7. The molecule has 0 N–H and O–H groups in total. The van der Waals surface area contributed by atoms with E-state index in [-0.39, 0.29) is 12.2 Å². The zero-order valence-corrected chi connectivity index (χ0v) is 19.4. The number of cyclic esters (lactones) is 1. The number of hydrogen-bond donors (Lipinski definition) is 0. The van der Waals surface area contributed by atoms with E-state index in [1.165, 1.54) is 0 Å². The van der Waals surface area contributed by atoms with Crippen LogP contribution in [-0.2, 0) is 4.74 Å². The summed E-state index contributed by atoms with van der Waals surface area (Å²) in [5.74, 6) is 2.99. The molecule has 2 fully saturated rings. The zero-order valence-electron chi connectivity index (χ0n) is 19.4. The fourth-order valence-corrected chi connectivity index (χ4v) is 4.62. The molecule has 3 aliphatic heterocycles. The van der Waals surface area contributed by atoms with Crippen LogP contribution in [0.25, 0.3) is 11.0 Å². The molecule has 0 radical (unpaired) electrons. The molecule has 35 heavy (non-hydrogen) atoms. The molecule has 182 valence electrons. The van der Waals surface area contributed by atoms with Gasteiger partial charge in [0.2, 0.25) is 5.88 Å². The Balaban J connectivity index is 0.984. The molecule has 10 heteroatoms. The first-order chi connectivity index (χ1) is 17.1. The van der Waals surface area contributed by atoms with Gasteiger partial charge >= 0.3 is 6.09 Å². The number of carbonyl (C=O) groups is 1. The van der Waals surface area contributed by atoms with Gasteiger partial charge in [-0.25, -0.2) is 14.8 Å². The summed E-state index contributed by atoms with van der Waals surface area (Å²) in [5, 5.41) is 0. The quantitative estimate of drug-likeness (QED) is 0.508. The van der Waals surface area contributed by atoms with E-state index < -0.39 is 0 Å². The number of aromatic nitrogens is 2. The lowest BCUT2D eigenvalue weighted by Gasteiger charge is -2.39. The average Bonchev–Trinajstić information content (AvgIpc) is 3.24. The summed E-state index contributed by atoms with van der Waals surface area (Å²) in [7, 11) is 1.62. The van der Waals surface area contributed by atoms with E-state index in [1.54, 1.807) is 18.2 Å². The van der Waals surface area contributed by atoms with Crippen LogP contribution in [0, 0.1) is 5.92 Å². The number of hydrogen-bond acceptors (Lipinski definition) is 9. The fourth-order valence-electron chi connectivity index (χ4n) is 4.62. The molecule has 0 spiro atoms. The second-order valence-electron chi connectivity index (χ2n) is 8.90. The predicted molar refractivity (Wildman–Crippen MR) is 127 cm³/mol. The molecule has 2 saturated heterocycles. The molecule has 3 aliphatic rings. The van der Waals surface area contributed by atoms with E-state index in [1.807, 2.05) is 36.4 Å². The summed E-state index contributed by atoms with van der Waals surface area (Å²) in [5.41, 5.74) is 2.29. The highest BCUT2D eigenvalue weighted by Crippen LogP contribution is 2.35. The number of benzene rings is 2. The number of anilines is 1. The van der Waals surface area contributed by atoms with E-state index in [0.717, 1.165) is 35.6 Å². The van der Waals surface area contributed by atoms with Gasteiger partial charge in [-0.3, -0.25) is 9.80 Å². The van der Waals surface area contributed by atoms with Crippen molar-refractivity contribution in [3.8, 4) is 23.1 Å². The Morgan fingerprint density at radius 1 is 1.03 bits per heavy atom. The van der Waals surface area contributed by atoms with Gasteiger partial charge in [0.05, 0.1) is 43.2 Å². The maximum atomic E-state index is 12.5. The molecule has 6 rings (SSSR count). The van der Waals surface area contributed by atoms with Crippen molar-refractivity contribution in [3.63, 3.8) is 0 Å². The molecule has 10 nitrogen and oxygen atoms in total. The molecule has 0 bridgehead atoms. The van der Waals surface area contributed by atoms with E-state index >= 15 is 0 Å². The minimum absolute atomic E-state index is 0.182. The molecule has 1 amide bonds. The third-order valence-corrected chi connectivity index (χ3v) is 6.40. The van der Waals surface area contributed by atoms with Gasteiger partial charge in [0.25, 0.3) is 0 Å². The van der Waals surface area contributed by atoms with Gasteiger partial charge in [-0.05, 0) is 24.3 Å². The van der Waals surface area contributed by atoms with Gasteiger partial charge in [0, 0.05) is 37.7 Å². The fraction of sp³-hybridized carbons (Fsp3) is 0.400. The number of likely N-dealkylation sites (tertiary alicyclic amines) is 1. The lowest BCUT2D eigenvalue weighted by atomic mass is 10.0. The van der Waals surface area contributed by atoms with Crippen molar-refractivity contribution >= 4 is 22.8 Å². The van der Waals surface area contributed by atoms with Crippen molar-refractivity contribution in [2.45, 2.75) is 6.10 Å². The van der Waals surface area contributed by atoms with Crippen LogP contribution in [0.15, 0.2) is 42.6 Å². The van der Waals surface area contributed by atoms with Gasteiger partial charge in [-0.2, -0.15) is 0 Å². The smallest absolute Gasteiger partial charge is 0.414 e. The summed E-state index contributed by atoms with van der Waals surface area (Å²) in [6, 6.07) is 11.1. The Morgan fingerprint density at radius 2 is 1.89 bits per heavy atom. The van der Waals surface area contributed by atoms with Crippen molar-refractivity contribution in [3.05, 3.63) is 42.6 Å². The minimum atomic E-state index is -0.335. The van der Waals surface area contributed by atoms with Crippen LogP contribution in [0.2, 0.25) is 0 Å². The summed E-state index contributed by atoms with van der Waals surface area (Å²) in [4.78, 5) is 25.3. The number of fused-ring (bicyclic) bond motifs is 2. The van der Waals surface area contributed by atoms with Gasteiger partial charge in [-0.15, -0.1) is 0 Å². The number of methoxy groups -OCH3 is 1. The number of carbonyl (C=O) groups excluding carboxylic acids is 1. The Hall–Kier alpha value is -3.79. The van der Waals surface area contributed by atoms with Crippen LogP contribution in [0.5, 0.6) is 23.1 Å². The van der Waals surface area contributed by atoms with Crippen LogP contribution < -0.4 is 23.8 Å².